The van der Waals surface area contributed by atoms with E-state index in [1.807, 2.05) is 35.0 Å². The van der Waals surface area contributed by atoms with Crippen molar-refractivity contribution in [3.63, 3.8) is 0 Å². The second kappa shape index (κ2) is 5.56. The van der Waals surface area contributed by atoms with Gasteiger partial charge in [-0.05, 0) is 52.5 Å². The number of rotatable bonds is 5. The molecule has 1 aromatic carbocycles. The minimum absolute atomic E-state index is 0.0421. The van der Waals surface area contributed by atoms with Crippen molar-refractivity contribution in [2.24, 2.45) is 5.41 Å². The number of halogens is 2. The number of nitrogens with zero attached hydrogens (tertiary/aromatic N) is 2. The average Bonchev–Trinajstić information content (AvgIpc) is 3.09. The first-order valence-corrected chi connectivity index (χ1v) is 8.52. The van der Waals surface area contributed by atoms with E-state index in [1.165, 1.54) is 0 Å². The molecule has 1 unspecified atom stereocenters. The summed E-state index contributed by atoms with van der Waals surface area (Å²) in [7, 11) is 0. The molecule has 1 aliphatic rings. The van der Waals surface area contributed by atoms with Crippen molar-refractivity contribution in [3.05, 3.63) is 51.1 Å². The molecule has 1 saturated carbocycles. The van der Waals surface area contributed by atoms with E-state index in [0.29, 0.717) is 13.0 Å². The molecule has 1 N–H and O–H groups in total. The zero-order valence-electron chi connectivity index (χ0n) is 11.9. The summed E-state index contributed by atoms with van der Waals surface area (Å²) >= 11 is 8.48. The number of imidazole rings is 1. The highest BCUT2D eigenvalue weighted by atomic mass is 127. The van der Waals surface area contributed by atoms with Crippen LogP contribution in [0.3, 0.4) is 0 Å². The Labute approximate surface area is 143 Å². The van der Waals surface area contributed by atoms with Gasteiger partial charge in [-0.15, -0.1) is 0 Å². The average molecular weight is 417 g/mol. The minimum atomic E-state index is -0.807. The molecule has 112 valence electrons. The summed E-state index contributed by atoms with van der Waals surface area (Å²) in [5.41, 5.74) is 0.155. The Balaban J connectivity index is 1.91. The molecule has 2 aromatic rings. The molecule has 3 rings (SSSR count). The maximum atomic E-state index is 11.4. The van der Waals surface area contributed by atoms with Crippen LogP contribution >= 0.6 is 34.2 Å². The van der Waals surface area contributed by atoms with Crippen molar-refractivity contribution >= 4 is 34.2 Å². The van der Waals surface area contributed by atoms with Gasteiger partial charge in [0.1, 0.15) is 0 Å². The first kappa shape index (κ1) is 15.3. The van der Waals surface area contributed by atoms with Crippen molar-refractivity contribution in [3.8, 4) is 0 Å². The largest absolute Gasteiger partial charge is 0.387 e. The summed E-state index contributed by atoms with van der Waals surface area (Å²) in [6.07, 6.45) is 6.37. The number of benzene rings is 1. The van der Waals surface area contributed by atoms with Gasteiger partial charge in [-0.25, -0.2) is 4.98 Å². The topological polar surface area (TPSA) is 38.0 Å². The molecule has 1 aromatic heterocycles. The van der Waals surface area contributed by atoms with Gasteiger partial charge in [0.2, 0.25) is 0 Å². The third-order valence-corrected chi connectivity index (χ3v) is 5.93. The molecule has 1 heterocycles. The number of hydrogen-bond donors (Lipinski definition) is 1. The Bertz CT molecular complexity index is 653. The van der Waals surface area contributed by atoms with Gasteiger partial charge in [0.05, 0.1) is 12.1 Å². The Morgan fingerprint density at radius 1 is 1.43 bits per heavy atom. The Morgan fingerprint density at radius 3 is 2.71 bits per heavy atom. The lowest BCUT2D eigenvalue weighted by Crippen LogP contribution is -2.44. The van der Waals surface area contributed by atoms with Gasteiger partial charge in [0.25, 0.3) is 0 Å². The second-order valence-corrected chi connectivity index (χ2v) is 7.56. The summed E-state index contributed by atoms with van der Waals surface area (Å²) in [6.45, 7) is 2.71. The molecule has 1 aliphatic carbocycles. The fourth-order valence-corrected chi connectivity index (χ4v) is 3.48. The molecule has 0 aliphatic heterocycles. The maximum absolute atomic E-state index is 11.4. The van der Waals surface area contributed by atoms with E-state index in [4.69, 9.17) is 11.6 Å². The molecule has 0 bridgehead atoms. The fraction of sp³-hybridized carbons (Fsp3) is 0.438. The van der Waals surface area contributed by atoms with Crippen LogP contribution in [0.5, 0.6) is 0 Å². The lowest BCUT2D eigenvalue weighted by Gasteiger charge is -2.35. The van der Waals surface area contributed by atoms with Crippen molar-refractivity contribution in [2.75, 3.05) is 0 Å². The smallest absolute Gasteiger partial charge is 0.171 e. The first-order chi connectivity index (χ1) is 9.94. The van der Waals surface area contributed by atoms with Gasteiger partial charge in [-0.2, -0.15) is 0 Å². The summed E-state index contributed by atoms with van der Waals surface area (Å²) in [5.74, 6) is 0. The lowest BCUT2D eigenvalue weighted by molar-refractivity contribution is -0.0406. The van der Waals surface area contributed by atoms with E-state index in [9.17, 15) is 5.11 Å². The summed E-state index contributed by atoms with van der Waals surface area (Å²) in [5, 5.41) is 12.1. The molecule has 0 spiro atoms. The molecular formula is C16H18ClIN2O. The highest BCUT2D eigenvalue weighted by Gasteiger charge is 2.55. The van der Waals surface area contributed by atoms with E-state index in [1.54, 1.807) is 6.20 Å². The van der Waals surface area contributed by atoms with Gasteiger partial charge >= 0.3 is 0 Å². The maximum Gasteiger partial charge on any atom is 0.171 e. The summed E-state index contributed by atoms with van der Waals surface area (Å²) in [4.78, 5) is 4.24. The van der Waals surface area contributed by atoms with Crippen LogP contribution in [-0.4, -0.2) is 20.3 Å². The second-order valence-electron chi connectivity index (χ2n) is 6.18. The lowest BCUT2D eigenvalue weighted by atomic mass is 9.80. The van der Waals surface area contributed by atoms with Crippen molar-refractivity contribution < 1.29 is 5.11 Å². The standard InChI is InChI=1S/C16H18ClIN2O/c1-15(6-7-15)16(21,11-20-9-8-19-14(20)18)10-12-4-2-3-5-13(12)17/h2-5,8-9,21H,6-7,10-11H2,1H3. The van der Waals surface area contributed by atoms with Gasteiger partial charge < -0.3 is 9.67 Å². The number of aromatic nitrogens is 2. The van der Waals surface area contributed by atoms with Gasteiger partial charge in [-0.3, -0.25) is 0 Å². The third kappa shape index (κ3) is 2.98. The molecular weight excluding hydrogens is 399 g/mol. The van der Waals surface area contributed by atoms with Crippen molar-refractivity contribution in [1.29, 1.82) is 0 Å². The third-order valence-electron chi connectivity index (χ3n) is 4.66. The SMILES string of the molecule is CC1(C(O)(Cc2ccccc2Cl)Cn2ccnc2I)CC1. The van der Waals surface area contributed by atoms with Crippen molar-refractivity contribution in [2.45, 2.75) is 38.3 Å². The number of hydrogen-bond acceptors (Lipinski definition) is 2. The van der Waals surface area contributed by atoms with Gasteiger partial charge in [-0.1, -0.05) is 36.7 Å². The van der Waals surface area contributed by atoms with E-state index in [-0.39, 0.29) is 5.41 Å². The number of aliphatic hydroxyl groups is 1. The fourth-order valence-electron chi connectivity index (χ4n) is 2.78. The van der Waals surface area contributed by atoms with Crippen LogP contribution in [0.15, 0.2) is 36.7 Å². The highest BCUT2D eigenvalue weighted by molar-refractivity contribution is 14.1. The normalized spacial score (nSPS) is 19.2. The Hall–Kier alpha value is -0.590. The quantitative estimate of drug-likeness (QED) is 0.750. The molecule has 0 saturated heterocycles. The predicted molar refractivity (Wildman–Crippen MR) is 92.4 cm³/mol. The molecule has 1 atom stereocenters. The first-order valence-electron chi connectivity index (χ1n) is 7.06. The van der Waals surface area contributed by atoms with E-state index in [0.717, 1.165) is 27.3 Å². The molecule has 3 nitrogen and oxygen atoms in total. The molecule has 0 amide bonds. The molecule has 0 radical (unpaired) electrons. The molecule has 1 fully saturated rings. The van der Waals surface area contributed by atoms with Gasteiger partial charge in [0.15, 0.2) is 3.83 Å². The van der Waals surface area contributed by atoms with Crippen LogP contribution < -0.4 is 0 Å². The minimum Gasteiger partial charge on any atom is -0.387 e. The molecule has 21 heavy (non-hydrogen) atoms. The zero-order chi connectivity index (χ0) is 15.1. The van der Waals surface area contributed by atoms with E-state index in [2.05, 4.69) is 34.5 Å². The van der Waals surface area contributed by atoms with Crippen LogP contribution in [0.2, 0.25) is 5.02 Å². The van der Waals surface area contributed by atoms with Crippen molar-refractivity contribution in [1.82, 2.24) is 9.55 Å². The highest BCUT2D eigenvalue weighted by Crippen LogP contribution is 2.55. The molecule has 5 heteroatoms. The van der Waals surface area contributed by atoms with Gasteiger partial charge in [0, 0.05) is 23.8 Å². The van der Waals surface area contributed by atoms with Crippen LogP contribution in [0.1, 0.15) is 25.3 Å². The van der Waals surface area contributed by atoms with Crippen LogP contribution in [0, 0.1) is 9.25 Å². The Morgan fingerprint density at radius 2 is 2.14 bits per heavy atom. The monoisotopic (exact) mass is 416 g/mol. The predicted octanol–water partition coefficient (Wildman–Crippen LogP) is 3.92. The van der Waals surface area contributed by atoms with Crippen LogP contribution in [0.4, 0.5) is 0 Å². The van der Waals surface area contributed by atoms with Crippen LogP contribution in [0.25, 0.3) is 0 Å². The zero-order valence-corrected chi connectivity index (χ0v) is 14.8. The summed E-state index contributed by atoms with van der Waals surface area (Å²) in [6, 6.07) is 7.77. The van der Waals surface area contributed by atoms with E-state index < -0.39 is 5.60 Å². The van der Waals surface area contributed by atoms with E-state index >= 15 is 0 Å². The van der Waals surface area contributed by atoms with Crippen LogP contribution in [-0.2, 0) is 13.0 Å². The Kier molecular flexibility index (Phi) is 4.05. The summed E-state index contributed by atoms with van der Waals surface area (Å²) < 4.78 is 2.91.